The third-order valence-corrected chi connectivity index (χ3v) is 4.21. The molecule has 0 aliphatic rings. The number of aromatic nitrogens is 2. The van der Waals surface area contributed by atoms with Crippen molar-refractivity contribution in [2.75, 3.05) is 0 Å². The highest BCUT2D eigenvalue weighted by Gasteiger charge is 2.12. The SMILES string of the molecule is Cl.NCc1cc(-c2ccc(Cl)c(Cl)c2)n(-c2cccc(Cl)c2)n1. The van der Waals surface area contributed by atoms with Gasteiger partial charge in [-0.1, -0.05) is 46.9 Å². The van der Waals surface area contributed by atoms with Gasteiger partial charge < -0.3 is 5.73 Å². The van der Waals surface area contributed by atoms with Crippen molar-refractivity contribution in [2.24, 2.45) is 5.73 Å². The Bertz CT molecular complexity index is 830. The maximum Gasteiger partial charge on any atom is 0.0771 e. The molecule has 0 spiro atoms. The van der Waals surface area contributed by atoms with E-state index in [2.05, 4.69) is 5.10 Å². The molecule has 0 fully saturated rings. The van der Waals surface area contributed by atoms with Crippen molar-refractivity contribution < 1.29 is 0 Å². The molecule has 0 atom stereocenters. The van der Waals surface area contributed by atoms with Crippen molar-refractivity contribution in [3.05, 3.63) is 69.3 Å². The number of nitrogens with zero attached hydrogens (tertiary/aromatic N) is 2. The fourth-order valence-electron chi connectivity index (χ4n) is 2.20. The fourth-order valence-corrected chi connectivity index (χ4v) is 2.68. The molecule has 3 aromatic rings. The van der Waals surface area contributed by atoms with Gasteiger partial charge in [-0.15, -0.1) is 12.4 Å². The monoisotopic (exact) mass is 387 g/mol. The van der Waals surface area contributed by atoms with E-state index < -0.39 is 0 Å². The molecule has 1 heterocycles. The predicted molar refractivity (Wildman–Crippen MR) is 99.2 cm³/mol. The standard InChI is InChI=1S/C16H12Cl3N3.ClH/c17-11-2-1-3-13(7-11)22-16(8-12(9-20)21-22)10-4-5-14(18)15(19)6-10;/h1-8H,9,20H2;1H. The molecule has 0 aliphatic carbocycles. The molecule has 1 aromatic heterocycles. The summed E-state index contributed by atoms with van der Waals surface area (Å²) in [5, 5.41) is 6.17. The quantitative estimate of drug-likeness (QED) is 0.654. The Labute approximate surface area is 155 Å². The minimum Gasteiger partial charge on any atom is -0.325 e. The number of hydrogen-bond acceptors (Lipinski definition) is 2. The summed E-state index contributed by atoms with van der Waals surface area (Å²) >= 11 is 18.2. The Kier molecular flexibility index (Phi) is 5.95. The summed E-state index contributed by atoms with van der Waals surface area (Å²) in [5.74, 6) is 0. The fraction of sp³-hybridized carbons (Fsp3) is 0.0625. The van der Waals surface area contributed by atoms with Crippen molar-refractivity contribution in [1.82, 2.24) is 9.78 Å². The molecule has 0 saturated heterocycles. The maximum absolute atomic E-state index is 6.12. The lowest BCUT2D eigenvalue weighted by molar-refractivity contribution is 0.838. The first-order valence-corrected chi connectivity index (χ1v) is 7.72. The number of hydrogen-bond donors (Lipinski definition) is 1. The number of nitrogens with two attached hydrogens (primary N) is 1. The molecule has 3 rings (SSSR count). The first kappa shape index (κ1) is 18.1. The minimum atomic E-state index is 0. The summed E-state index contributed by atoms with van der Waals surface area (Å²) in [6, 6.07) is 14.9. The Balaban J connectivity index is 0.00000192. The Morgan fingerprint density at radius 2 is 1.74 bits per heavy atom. The van der Waals surface area contributed by atoms with Crippen LogP contribution in [0.3, 0.4) is 0 Å². The molecular formula is C16H13Cl4N3. The lowest BCUT2D eigenvalue weighted by atomic mass is 10.1. The summed E-state index contributed by atoms with van der Waals surface area (Å²) in [4.78, 5) is 0. The second-order valence-corrected chi connectivity index (χ2v) is 6.00. The summed E-state index contributed by atoms with van der Waals surface area (Å²) in [5.41, 5.74) is 9.14. The van der Waals surface area contributed by atoms with Gasteiger partial charge in [-0.3, -0.25) is 0 Å². The van der Waals surface area contributed by atoms with Crippen LogP contribution < -0.4 is 5.73 Å². The molecule has 0 saturated carbocycles. The molecular weight excluding hydrogens is 376 g/mol. The van der Waals surface area contributed by atoms with Gasteiger partial charge in [0, 0.05) is 17.1 Å². The van der Waals surface area contributed by atoms with E-state index in [0.717, 1.165) is 22.6 Å². The zero-order valence-corrected chi connectivity index (χ0v) is 14.9. The lowest BCUT2D eigenvalue weighted by Gasteiger charge is -2.09. The van der Waals surface area contributed by atoms with Gasteiger partial charge >= 0.3 is 0 Å². The molecule has 0 amide bonds. The maximum atomic E-state index is 6.12. The van der Waals surface area contributed by atoms with Crippen LogP contribution in [0.4, 0.5) is 0 Å². The molecule has 3 nitrogen and oxygen atoms in total. The van der Waals surface area contributed by atoms with Crippen LogP contribution in [-0.4, -0.2) is 9.78 Å². The van der Waals surface area contributed by atoms with Crippen LogP contribution in [0.15, 0.2) is 48.5 Å². The third kappa shape index (κ3) is 3.82. The van der Waals surface area contributed by atoms with Crippen LogP contribution in [0, 0.1) is 0 Å². The van der Waals surface area contributed by atoms with E-state index in [-0.39, 0.29) is 12.4 Å². The van der Waals surface area contributed by atoms with Crippen LogP contribution in [0.1, 0.15) is 5.69 Å². The highest BCUT2D eigenvalue weighted by molar-refractivity contribution is 6.42. The molecule has 2 N–H and O–H groups in total. The average Bonchev–Trinajstić information content (AvgIpc) is 2.94. The summed E-state index contributed by atoms with van der Waals surface area (Å²) in [6.07, 6.45) is 0. The van der Waals surface area contributed by atoms with Crippen LogP contribution in [-0.2, 0) is 6.54 Å². The Morgan fingerprint density at radius 3 is 2.39 bits per heavy atom. The van der Waals surface area contributed by atoms with Gasteiger partial charge in [0.05, 0.1) is 27.1 Å². The Morgan fingerprint density at radius 1 is 0.957 bits per heavy atom. The Hall–Kier alpha value is -1.23. The normalized spacial score (nSPS) is 10.4. The topological polar surface area (TPSA) is 43.8 Å². The van der Waals surface area contributed by atoms with Crippen LogP contribution in [0.2, 0.25) is 15.1 Å². The van der Waals surface area contributed by atoms with E-state index in [4.69, 9.17) is 40.5 Å². The summed E-state index contributed by atoms with van der Waals surface area (Å²) < 4.78 is 1.80. The van der Waals surface area contributed by atoms with E-state index in [9.17, 15) is 0 Å². The van der Waals surface area contributed by atoms with Crippen LogP contribution in [0.5, 0.6) is 0 Å². The van der Waals surface area contributed by atoms with Gasteiger partial charge in [-0.05, 0) is 36.4 Å². The second-order valence-electron chi connectivity index (χ2n) is 4.75. The van der Waals surface area contributed by atoms with Gasteiger partial charge in [0.15, 0.2) is 0 Å². The predicted octanol–water partition coefficient (Wildman–Crippen LogP) is 5.38. The highest BCUT2D eigenvalue weighted by atomic mass is 35.5. The molecule has 23 heavy (non-hydrogen) atoms. The minimum absolute atomic E-state index is 0. The zero-order valence-electron chi connectivity index (χ0n) is 11.8. The summed E-state index contributed by atoms with van der Waals surface area (Å²) in [7, 11) is 0. The first-order chi connectivity index (χ1) is 10.6. The molecule has 120 valence electrons. The van der Waals surface area contributed by atoms with E-state index in [0.29, 0.717) is 21.6 Å². The van der Waals surface area contributed by atoms with Gasteiger partial charge in [0.2, 0.25) is 0 Å². The van der Waals surface area contributed by atoms with Crippen molar-refractivity contribution in [2.45, 2.75) is 6.54 Å². The molecule has 0 radical (unpaired) electrons. The van der Waals surface area contributed by atoms with Crippen molar-refractivity contribution in [3.63, 3.8) is 0 Å². The van der Waals surface area contributed by atoms with E-state index in [1.165, 1.54) is 0 Å². The van der Waals surface area contributed by atoms with Crippen LogP contribution >= 0.6 is 47.2 Å². The number of rotatable bonds is 3. The van der Waals surface area contributed by atoms with Crippen LogP contribution in [0.25, 0.3) is 16.9 Å². The largest absolute Gasteiger partial charge is 0.325 e. The van der Waals surface area contributed by atoms with E-state index in [1.807, 2.05) is 42.5 Å². The van der Waals surface area contributed by atoms with Gasteiger partial charge in [-0.2, -0.15) is 5.10 Å². The smallest absolute Gasteiger partial charge is 0.0771 e. The average molecular weight is 389 g/mol. The molecule has 2 aromatic carbocycles. The van der Waals surface area contributed by atoms with Gasteiger partial charge in [0.25, 0.3) is 0 Å². The van der Waals surface area contributed by atoms with Crippen molar-refractivity contribution >= 4 is 47.2 Å². The number of benzene rings is 2. The lowest BCUT2D eigenvalue weighted by Crippen LogP contribution is -2.01. The van der Waals surface area contributed by atoms with Crippen molar-refractivity contribution in [1.29, 1.82) is 0 Å². The van der Waals surface area contributed by atoms with Gasteiger partial charge in [0.1, 0.15) is 0 Å². The molecule has 0 aliphatic heterocycles. The highest BCUT2D eigenvalue weighted by Crippen LogP contribution is 2.30. The zero-order chi connectivity index (χ0) is 15.7. The van der Waals surface area contributed by atoms with Gasteiger partial charge in [-0.25, -0.2) is 4.68 Å². The number of halogens is 4. The molecule has 0 unspecified atom stereocenters. The summed E-state index contributed by atoms with van der Waals surface area (Å²) in [6.45, 7) is 0.349. The third-order valence-electron chi connectivity index (χ3n) is 3.24. The van der Waals surface area contributed by atoms with Crippen molar-refractivity contribution in [3.8, 4) is 16.9 Å². The molecule has 0 bridgehead atoms. The van der Waals surface area contributed by atoms with E-state index >= 15 is 0 Å². The molecule has 7 heteroatoms. The second kappa shape index (κ2) is 7.56. The van der Waals surface area contributed by atoms with E-state index in [1.54, 1.807) is 10.7 Å². The first-order valence-electron chi connectivity index (χ1n) is 6.59.